The first-order valence-electron chi connectivity index (χ1n) is 5.89. The second-order valence-corrected chi connectivity index (χ2v) is 3.65. The Bertz CT molecular complexity index is 155. The number of aliphatic hydroxyl groups excluding tert-OH is 1. The normalized spacial score (nSPS) is 10.1. The zero-order chi connectivity index (χ0) is 11.5. The number of nitrogens with one attached hydrogen (secondary N) is 1. The van der Waals surface area contributed by atoms with Gasteiger partial charge in [0.1, 0.15) is 0 Å². The molecule has 0 bridgehead atoms. The SMILES string of the molecule is CCCCN(CCCC)C(=O)NCCO. The zero-order valence-electron chi connectivity index (χ0n) is 9.96. The fraction of sp³-hybridized carbons (Fsp3) is 0.909. The van der Waals surface area contributed by atoms with Crippen molar-refractivity contribution in [3.8, 4) is 0 Å². The standard InChI is InChI=1S/C11H24N2O2/c1-3-5-8-13(9-6-4-2)11(15)12-7-10-14/h14H,3-10H2,1-2H3,(H,12,15). The van der Waals surface area contributed by atoms with Crippen LogP contribution < -0.4 is 5.32 Å². The molecule has 0 saturated heterocycles. The Hall–Kier alpha value is -0.770. The monoisotopic (exact) mass is 216 g/mol. The van der Waals surface area contributed by atoms with Gasteiger partial charge >= 0.3 is 6.03 Å². The van der Waals surface area contributed by atoms with Crippen LogP contribution in [0.3, 0.4) is 0 Å². The molecule has 0 fully saturated rings. The summed E-state index contributed by atoms with van der Waals surface area (Å²) in [6.07, 6.45) is 4.26. The van der Waals surface area contributed by atoms with Crippen molar-refractivity contribution in [3.63, 3.8) is 0 Å². The summed E-state index contributed by atoms with van der Waals surface area (Å²) in [6.45, 7) is 6.20. The van der Waals surface area contributed by atoms with Gasteiger partial charge in [-0.3, -0.25) is 0 Å². The highest BCUT2D eigenvalue weighted by Gasteiger charge is 2.10. The average molecular weight is 216 g/mol. The molecule has 0 spiro atoms. The van der Waals surface area contributed by atoms with Gasteiger partial charge in [0.25, 0.3) is 0 Å². The number of aliphatic hydroxyl groups is 1. The maximum Gasteiger partial charge on any atom is 0.317 e. The van der Waals surface area contributed by atoms with Gasteiger partial charge in [-0.25, -0.2) is 4.79 Å². The molecule has 90 valence electrons. The maximum atomic E-state index is 11.6. The van der Waals surface area contributed by atoms with Crippen molar-refractivity contribution in [1.29, 1.82) is 0 Å². The molecule has 0 radical (unpaired) electrons. The molecular weight excluding hydrogens is 192 g/mol. The van der Waals surface area contributed by atoms with Gasteiger partial charge < -0.3 is 15.3 Å². The molecule has 0 atom stereocenters. The van der Waals surface area contributed by atoms with Crippen LogP contribution in [-0.2, 0) is 0 Å². The molecule has 0 saturated carbocycles. The van der Waals surface area contributed by atoms with E-state index >= 15 is 0 Å². The molecule has 15 heavy (non-hydrogen) atoms. The van der Waals surface area contributed by atoms with Gasteiger partial charge in [-0.2, -0.15) is 0 Å². The Kier molecular flexibility index (Phi) is 9.27. The smallest absolute Gasteiger partial charge is 0.317 e. The Labute approximate surface area is 92.7 Å². The molecule has 0 unspecified atom stereocenters. The van der Waals surface area contributed by atoms with Crippen LogP contribution in [0.5, 0.6) is 0 Å². The minimum atomic E-state index is -0.0500. The van der Waals surface area contributed by atoms with Crippen molar-refractivity contribution in [2.75, 3.05) is 26.2 Å². The van der Waals surface area contributed by atoms with Crippen molar-refractivity contribution < 1.29 is 9.90 Å². The molecule has 0 aromatic carbocycles. The molecule has 2 N–H and O–H groups in total. The summed E-state index contributed by atoms with van der Waals surface area (Å²) in [6, 6.07) is -0.0500. The summed E-state index contributed by atoms with van der Waals surface area (Å²) < 4.78 is 0. The van der Waals surface area contributed by atoms with Crippen LogP contribution >= 0.6 is 0 Å². The highest BCUT2D eigenvalue weighted by atomic mass is 16.3. The summed E-state index contributed by atoms with van der Waals surface area (Å²) in [7, 11) is 0. The number of hydrogen-bond acceptors (Lipinski definition) is 2. The van der Waals surface area contributed by atoms with Crippen molar-refractivity contribution in [1.82, 2.24) is 10.2 Å². The van der Waals surface area contributed by atoms with E-state index in [2.05, 4.69) is 19.2 Å². The number of carbonyl (C=O) groups is 1. The number of urea groups is 1. The zero-order valence-corrected chi connectivity index (χ0v) is 9.96. The summed E-state index contributed by atoms with van der Waals surface area (Å²) in [5, 5.41) is 11.3. The van der Waals surface area contributed by atoms with E-state index in [1.807, 2.05) is 4.90 Å². The van der Waals surface area contributed by atoms with E-state index in [9.17, 15) is 4.79 Å². The Morgan fingerprint density at radius 2 is 1.73 bits per heavy atom. The molecule has 0 rings (SSSR count). The minimum absolute atomic E-state index is 0.00113. The molecule has 4 nitrogen and oxygen atoms in total. The third-order valence-electron chi connectivity index (χ3n) is 2.24. The van der Waals surface area contributed by atoms with Crippen LogP contribution in [0.4, 0.5) is 4.79 Å². The van der Waals surface area contributed by atoms with Crippen LogP contribution in [0.2, 0.25) is 0 Å². The van der Waals surface area contributed by atoms with Crippen molar-refractivity contribution in [2.45, 2.75) is 39.5 Å². The van der Waals surface area contributed by atoms with Crippen molar-refractivity contribution in [3.05, 3.63) is 0 Å². The molecule has 0 heterocycles. The molecule has 0 aliphatic carbocycles. The van der Waals surface area contributed by atoms with Gasteiger partial charge in [-0.05, 0) is 12.8 Å². The van der Waals surface area contributed by atoms with E-state index in [0.717, 1.165) is 38.8 Å². The summed E-state index contributed by atoms with van der Waals surface area (Å²) >= 11 is 0. The number of unbranched alkanes of at least 4 members (excludes halogenated alkanes) is 2. The van der Waals surface area contributed by atoms with E-state index in [-0.39, 0.29) is 12.6 Å². The number of nitrogens with zero attached hydrogens (tertiary/aromatic N) is 1. The van der Waals surface area contributed by atoms with Gasteiger partial charge in [0.2, 0.25) is 0 Å². The average Bonchev–Trinajstić information content (AvgIpc) is 2.26. The lowest BCUT2D eigenvalue weighted by Gasteiger charge is -2.22. The Balaban J connectivity index is 3.90. The minimum Gasteiger partial charge on any atom is -0.395 e. The third kappa shape index (κ3) is 7.19. The molecule has 0 aromatic rings. The van der Waals surface area contributed by atoms with Gasteiger partial charge in [-0.1, -0.05) is 26.7 Å². The maximum absolute atomic E-state index is 11.6. The molecule has 0 aliphatic heterocycles. The highest BCUT2D eigenvalue weighted by Crippen LogP contribution is 1.99. The number of amides is 2. The first-order valence-corrected chi connectivity index (χ1v) is 5.89. The predicted octanol–water partition coefficient (Wildman–Crippen LogP) is 1.59. The summed E-state index contributed by atoms with van der Waals surface area (Å²) in [5.41, 5.74) is 0. The van der Waals surface area contributed by atoms with E-state index < -0.39 is 0 Å². The van der Waals surface area contributed by atoms with Crippen LogP contribution in [0.25, 0.3) is 0 Å². The predicted molar refractivity (Wildman–Crippen MR) is 61.9 cm³/mol. The fourth-order valence-electron chi connectivity index (χ4n) is 1.29. The van der Waals surface area contributed by atoms with E-state index in [0.29, 0.717) is 6.54 Å². The van der Waals surface area contributed by atoms with Gasteiger partial charge in [0, 0.05) is 19.6 Å². The fourth-order valence-corrected chi connectivity index (χ4v) is 1.29. The first kappa shape index (κ1) is 14.2. The van der Waals surface area contributed by atoms with Gasteiger partial charge in [0.15, 0.2) is 0 Å². The molecule has 4 heteroatoms. The van der Waals surface area contributed by atoms with Gasteiger partial charge in [0.05, 0.1) is 6.61 Å². The summed E-state index contributed by atoms with van der Waals surface area (Å²) in [4.78, 5) is 13.5. The number of rotatable bonds is 8. The molecule has 0 aliphatic rings. The van der Waals surface area contributed by atoms with E-state index in [4.69, 9.17) is 5.11 Å². The number of carbonyl (C=O) groups excluding carboxylic acids is 1. The van der Waals surface area contributed by atoms with E-state index in [1.165, 1.54) is 0 Å². The highest BCUT2D eigenvalue weighted by molar-refractivity contribution is 5.74. The van der Waals surface area contributed by atoms with Crippen LogP contribution in [0.15, 0.2) is 0 Å². The topological polar surface area (TPSA) is 52.6 Å². The molecule has 2 amide bonds. The lowest BCUT2D eigenvalue weighted by atomic mass is 10.3. The summed E-state index contributed by atoms with van der Waals surface area (Å²) in [5.74, 6) is 0. The molecule has 0 aromatic heterocycles. The largest absolute Gasteiger partial charge is 0.395 e. The Morgan fingerprint density at radius 3 is 2.13 bits per heavy atom. The molecular formula is C11H24N2O2. The lowest BCUT2D eigenvalue weighted by Crippen LogP contribution is -2.42. The lowest BCUT2D eigenvalue weighted by molar-refractivity contribution is 0.191. The van der Waals surface area contributed by atoms with Crippen LogP contribution in [-0.4, -0.2) is 42.3 Å². The quantitative estimate of drug-likeness (QED) is 0.647. The second-order valence-electron chi connectivity index (χ2n) is 3.65. The van der Waals surface area contributed by atoms with Crippen molar-refractivity contribution >= 4 is 6.03 Å². The first-order chi connectivity index (χ1) is 7.26. The van der Waals surface area contributed by atoms with Gasteiger partial charge in [-0.15, -0.1) is 0 Å². The van der Waals surface area contributed by atoms with Crippen LogP contribution in [0, 0.1) is 0 Å². The van der Waals surface area contributed by atoms with Crippen molar-refractivity contribution in [2.24, 2.45) is 0 Å². The van der Waals surface area contributed by atoms with Crippen LogP contribution in [0.1, 0.15) is 39.5 Å². The van der Waals surface area contributed by atoms with E-state index in [1.54, 1.807) is 0 Å². The number of hydrogen-bond donors (Lipinski definition) is 2. The second kappa shape index (κ2) is 9.77. The Morgan fingerprint density at radius 1 is 1.20 bits per heavy atom. The third-order valence-corrected chi connectivity index (χ3v) is 2.24.